The summed E-state index contributed by atoms with van der Waals surface area (Å²) in [7, 11) is 0. The third-order valence-electron chi connectivity index (χ3n) is 3.66. The molecule has 0 aliphatic carbocycles. The van der Waals surface area contributed by atoms with Gasteiger partial charge in [-0.25, -0.2) is 9.18 Å². The van der Waals surface area contributed by atoms with Crippen LogP contribution in [0.3, 0.4) is 0 Å². The number of nitrogens with one attached hydrogen (secondary N) is 1. The summed E-state index contributed by atoms with van der Waals surface area (Å²) in [5.41, 5.74) is 0.402. The second kappa shape index (κ2) is 6.30. The van der Waals surface area contributed by atoms with Crippen LogP contribution in [0.2, 0.25) is 5.02 Å². The van der Waals surface area contributed by atoms with Crippen molar-refractivity contribution in [3.63, 3.8) is 0 Å². The number of aliphatic carboxylic acids is 1. The quantitative estimate of drug-likeness (QED) is 0.880. The molecule has 7 heteroatoms. The van der Waals surface area contributed by atoms with Gasteiger partial charge in [0.15, 0.2) is 0 Å². The molecule has 1 aliphatic rings. The van der Waals surface area contributed by atoms with Crippen molar-refractivity contribution in [3.8, 4) is 0 Å². The van der Waals surface area contributed by atoms with E-state index >= 15 is 0 Å². The van der Waals surface area contributed by atoms with E-state index in [4.69, 9.17) is 16.7 Å². The minimum absolute atomic E-state index is 0.0644. The zero-order valence-electron chi connectivity index (χ0n) is 11.5. The van der Waals surface area contributed by atoms with Crippen LogP contribution in [-0.4, -0.2) is 34.6 Å². The van der Waals surface area contributed by atoms with Crippen molar-refractivity contribution in [2.24, 2.45) is 5.92 Å². The Morgan fingerprint density at radius 1 is 1.48 bits per heavy atom. The smallest absolute Gasteiger partial charge is 0.322 e. The molecule has 0 radical (unpaired) electrons. The molecule has 2 amide bonds. The number of rotatable bonds is 2. The average Bonchev–Trinajstić information content (AvgIpc) is 2.42. The number of urea groups is 1. The van der Waals surface area contributed by atoms with Gasteiger partial charge in [-0.1, -0.05) is 11.6 Å². The summed E-state index contributed by atoms with van der Waals surface area (Å²) >= 11 is 5.66. The molecule has 0 bridgehead atoms. The Hall–Kier alpha value is -1.82. The SMILES string of the molecule is CC1CC(C(=O)O)CCN1C(=O)Nc1ccc(F)c(Cl)c1. The number of likely N-dealkylation sites (tertiary alicyclic amines) is 1. The van der Waals surface area contributed by atoms with E-state index in [1.165, 1.54) is 18.2 Å². The van der Waals surface area contributed by atoms with Gasteiger partial charge in [0.05, 0.1) is 10.9 Å². The first-order valence-electron chi connectivity index (χ1n) is 6.64. The van der Waals surface area contributed by atoms with Crippen LogP contribution in [0.5, 0.6) is 0 Å². The van der Waals surface area contributed by atoms with E-state index in [0.717, 1.165) is 0 Å². The van der Waals surface area contributed by atoms with Crippen LogP contribution in [0.4, 0.5) is 14.9 Å². The van der Waals surface area contributed by atoms with Crippen LogP contribution in [0.25, 0.3) is 0 Å². The summed E-state index contributed by atoms with van der Waals surface area (Å²) in [6.07, 6.45) is 0.851. The number of piperidine rings is 1. The molecule has 1 fully saturated rings. The normalized spacial score (nSPS) is 22.0. The molecule has 2 N–H and O–H groups in total. The summed E-state index contributed by atoms with van der Waals surface area (Å²) < 4.78 is 13.1. The second-order valence-electron chi connectivity index (χ2n) is 5.16. The molecule has 2 rings (SSSR count). The maximum absolute atomic E-state index is 13.1. The van der Waals surface area contributed by atoms with Crippen molar-refractivity contribution in [2.45, 2.75) is 25.8 Å². The summed E-state index contributed by atoms with van der Waals surface area (Å²) in [5, 5.41) is 11.6. The van der Waals surface area contributed by atoms with Crippen molar-refractivity contribution in [1.29, 1.82) is 0 Å². The molecule has 5 nitrogen and oxygen atoms in total. The number of nitrogens with zero attached hydrogens (tertiary/aromatic N) is 1. The first-order chi connectivity index (χ1) is 9.88. The Balaban J connectivity index is 2.00. The molecule has 21 heavy (non-hydrogen) atoms. The molecule has 114 valence electrons. The van der Waals surface area contributed by atoms with Crippen molar-refractivity contribution in [2.75, 3.05) is 11.9 Å². The first kappa shape index (κ1) is 15.6. The number of carboxylic acids is 1. The minimum atomic E-state index is -0.827. The fourth-order valence-electron chi connectivity index (χ4n) is 2.47. The van der Waals surface area contributed by atoms with Gasteiger partial charge in [-0.3, -0.25) is 4.79 Å². The van der Waals surface area contributed by atoms with Crippen LogP contribution in [-0.2, 0) is 4.79 Å². The lowest BCUT2D eigenvalue weighted by molar-refractivity contribution is -0.143. The van der Waals surface area contributed by atoms with Crippen molar-refractivity contribution in [3.05, 3.63) is 29.0 Å². The Kier molecular flexibility index (Phi) is 4.67. The topological polar surface area (TPSA) is 69.6 Å². The molecular weight excluding hydrogens is 299 g/mol. The van der Waals surface area contributed by atoms with E-state index in [1.807, 2.05) is 6.92 Å². The van der Waals surface area contributed by atoms with E-state index in [2.05, 4.69) is 5.32 Å². The Morgan fingerprint density at radius 3 is 2.76 bits per heavy atom. The number of halogens is 2. The number of carbonyl (C=O) groups excluding carboxylic acids is 1. The van der Waals surface area contributed by atoms with Gasteiger partial charge in [0.25, 0.3) is 0 Å². The predicted octanol–water partition coefficient (Wildman–Crippen LogP) is 3.20. The lowest BCUT2D eigenvalue weighted by atomic mass is 9.92. The molecular formula is C14H16ClFN2O3. The van der Waals surface area contributed by atoms with Gasteiger partial charge in [-0.15, -0.1) is 0 Å². The highest BCUT2D eigenvalue weighted by molar-refractivity contribution is 6.31. The van der Waals surface area contributed by atoms with Crippen molar-refractivity contribution < 1.29 is 19.1 Å². The van der Waals surface area contributed by atoms with Gasteiger partial charge in [0.1, 0.15) is 5.82 Å². The number of hydrogen-bond acceptors (Lipinski definition) is 2. The fraction of sp³-hybridized carbons (Fsp3) is 0.429. The zero-order chi connectivity index (χ0) is 15.6. The molecule has 0 spiro atoms. The van der Waals surface area contributed by atoms with Gasteiger partial charge < -0.3 is 15.3 Å². The Morgan fingerprint density at radius 2 is 2.19 bits per heavy atom. The summed E-state index contributed by atoms with van der Waals surface area (Å²) in [6.45, 7) is 2.19. The van der Waals surface area contributed by atoms with E-state index in [0.29, 0.717) is 25.1 Å². The third-order valence-corrected chi connectivity index (χ3v) is 3.95. The molecule has 1 heterocycles. The summed E-state index contributed by atoms with van der Waals surface area (Å²) in [5.74, 6) is -1.79. The van der Waals surface area contributed by atoms with E-state index in [1.54, 1.807) is 4.90 Å². The minimum Gasteiger partial charge on any atom is -0.481 e. The number of carboxylic acid groups (broad SMARTS) is 1. The van der Waals surface area contributed by atoms with Crippen molar-refractivity contribution >= 4 is 29.3 Å². The lowest BCUT2D eigenvalue weighted by Gasteiger charge is -2.36. The van der Waals surface area contributed by atoms with Gasteiger partial charge in [0.2, 0.25) is 0 Å². The summed E-state index contributed by atoms with van der Waals surface area (Å²) in [6, 6.07) is 3.43. The average molecular weight is 315 g/mol. The fourth-order valence-corrected chi connectivity index (χ4v) is 2.65. The Bertz CT molecular complexity index is 567. The van der Waals surface area contributed by atoms with Gasteiger partial charge in [0, 0.05) is 18.3 Å². The zero-order valence-corrected chi connectivity index (χ0v) is 12.2. The molecule has 1 aliphatic heterocycles. The lowest BCUT2D eigenvalue weighted by Crippen LogP contribution is -2.47. The molecule has 1 saturated heterocycles. The van der Waals surface area contributed by atoms with Crippen molar-refractivity contribution in [1.82, 2.24) is 4.90 Å². The summed E-state index contributed by atoms with van der Waals surface area (Å²) in [4.78, 5) is 24.7. The number of anilines is 1. The molecule has 1 aromatic carbocycles. The second-order valence-corrected chi connectivity index (χ2v) is 5.57. The van der Waals surface area contributed by atoms with Crippen LogP contribution in [0.1, 0.15) is 19.8 Å². The van der Waals surface area contributed by atoms with Crippen LogP contribution in [0, 0.1) is 11.7 Å². The number of amides is 2. The van der Waals surface area contributed by atoms with Crippen LogP contribution >= 0.6 is 11.6 Å². The number of benzene rings is 1. The Labute approximate surface area is 126 Å². The van der Waals surface area contributed by atoms with E-state index in [9.17, 15) is 14.0 Å². The van der Waals surface area contributed by atoms with Crippen LogP contribution in [0.15, 0.2) is 18.2 Å². The first-order valence-corrected chi connectivity index (χ1v) is 7.01. The molecule has 0 aromatic heterocycles. The van der Waals surface area contributed by atoms with Gasteiger partial charge in [-0.05, 0) is 38.0 Å². The molecule has 2 atom stereocenters. The molecule has 0 saturated carbocycles. The molecule has 2 unspecified atom stereocenters. The molecule has 1 aromatic rings. The van der Waals surface area contributed by atoms with Crippen LogP contribution < -0.4 is 5.32 Å². The predicted molar refractivity (Wildman–Crippen MR) is 77.0 cm³/mol. The number of hydrogen-bond donors (Lipinski definition) is 2. The monoisotopic (exact) mass is 314 g/mol. The van der Waals surface area contributed by atoms with E-state index < -0.39 is 17.7 Å². The maximum atomic E-state index is 13.1. The highest BCUT2D eigenvalue weighted by atomic mass is 35.5. The highest BCUT2D eigenvalue weighted by Gasteiger charge is 2.32. The third kappa shape index (κ3) is 3.64. The van der Waals surface area contributed by atoms with Gasteiger partial charge >= 0.3 is 12.0 Å². The maximum Gasteiger partial charge on any atom is 0.322 e. The number of carbonyl (C=O) groups is 2. The van der Waals surface area contributed by atoms with Gasteiger partial charge in [-0.2, -0.15) is 0 Å². The largest absolute Gasteiger partial charge is 0.481 e. The highest BCUT2D eigenvalue weighted by Crippen LogP contribution is 2.25. The standard InChI is InChI=1S/C14H16ClFN2O3/c1-8-6-9(13(19)20)4-5-18(8)14(21)17-10-2-3-12(16)11(15)7-10/h2-3,7-9H,4-6H2,1H3,(H,17,21)(H,19,20). The van der Waals surface area contributed by atoms with E-state index in [-0.39, 0.29) is 17.1 Å².